The maximum absolute atomic E-state index is 12.0. The topological polar surface area (TPSA) is 87.7 Å². The highest BCUT2D eigenvalue weighted by Gasteiger charge is 2.14. The van der Waals surface area contributed by atoms with Crippen molar-refractivity contribution in [2.45, 2.75) is 26.3 Å². The molecule has 1 rings (SSSR count). The van der Waals surface area contributed by atoms with Crippen molar-refractivity contribution >= 4 is 34.3 Å². The molecule has 0 bridgehead atoms. The van der Waals surface area contributed by atoms with Crippen molar-refractivity contribution in [3.63, 3.8) is 0 Å². The molecule has 0 aliphatic heterocycles. The van der Waals surface area contributed by atoms with E-state index in [1.807, 2.05) is 19.1 Å². The lowest BCUT2D eigenvalue weighted by Crippen LogP contribution is -2.36. The average Bonchev–Trinajstić information content (AvgIpc) is 2.32. The van der Waals surface area contributed by atoms with Crippen LogP contribution in [0.1, 0.15) is 29.3 Å². The van der Waals surface area contributed by atoms with Crippen LogP contribution >= 0.6 is 22.6 Å². The molecule has 0 aliphatic carbocycles. The monoisotopic (exact) mass is 361 g/mol. The van der Waals surface area contributed by atoms with Gasteiger partial charge in [0.05, 0.1) is 5.56 Å². The van der Waals surface area contributed by atoms with Gasteiger partial charge in [0.1, 0.15) is 5.84 Å². The van der Waals surface area contributed by atoms with Crippen LogP contribution in [0.5, 0.6) is 0 Å². The molecule has 1 aromatic rings. The summed E-state index contributed by atoms with van der Waals surface area (Å²) >= 11 is 2.15. The van der Waals surface area contributed by atoms with Gasteiger partial charge in [-0.1, -0.05) is 17.3 Å². The number of amidine groups is 1. The number of halogens is 1. The lowest BCUT2D eigenvalue weighted by Gasteiger charge is -2.14. The number of aryl methyl sites for hydroxylation is 1. The summed E-state index contributed by atoms with van der Waals surface area (Å²) < 4.78 is 0.934. The molecule has 1 amide bonds. The number of benzene rings is 1. The van der Waals surface area contributed by atoms with E-state index in [2.05, 4.69) is 33.1 Å². The van der Waals surface area contributed by atoms with Crippen LogP contribution in [-0.2, 0) is 0 Å². The van der Waals surface area contributed by atoms with Gasteiger partial charge in [0.15, 0.2) is 0 Å². The van der Waals surface area contributed by atoms with E-state index < -0.39 is 0 Å². The van der Waals surface area contributed by atoms with Gasteiger partial charge in [0, 0.05) is 16.0 Å². The molecule has 0 saturated carbocycles. The normalized spacial score (nSPS) is 13.2. The van der Waals surface area contributed by atoms with Crippen molar-refractivity contribution < 1.29 is 10.0 Å². The van der Waals surface area contributed by atoms with E-state index in [-0.39, 0.29) is 17.8 Å². The second-order valence-corrected chi connectivity index (χ2v) is 5.19. The molecule has 1 atom stereocenters. The molecule has 5 nitrogen and oxygen atoms in total. The first-order chi connectivity index (χ1) is 8.45. The second-order valence-electron chi connectivity index (χ2n) is 4.11. The molecule has 6 heteroatoms. The van der Waals surface area contributed by atoms with E-state index in [4.69, 9.17) is 10.9 Å². The Bertz CT molecular complexity index is 474. The Labute approximate surface area is 120 Å². The highest BCUT2D eigenvalue weighted by molar-refractivity contribution is 14.1. The first kappa shape index (κ1) is 14.7. The molecule has 0 saturated heterocycles. The predicted molar refractivity (Wildman–Crippen MR) is 78.9 cm³/mol. The van der Waals surface area contributed by atoms with Crippen LogP contribution in [0.2, 0.25) is 0 Å². The molecular formula is C12H16IN3O2. The SMILES string of the molecule is Cc1cccc(C(=O)NC(C)C/C(N)=N/O)c1I. The van der Waals surface area contributed by atoms with Crippen molar-refractivity contribution in [3.8, 4) is 0 Å². The number of hydrogen-bond donors (Lipinski definition) is 3. The van der Waals surface area contributed by atoms with Crippen molar-refractivity contribution in [3.05, 3.63) is 32.9 Å². The number of hydrogen-bond acceptors (Lipinski definition) is 3. The maximum atomic E-state index is 12.0. The van der Waals surface area contributed by atoms with E-state index in [0.717, 1.165) is 9.13 Å². The highest BCUT2D eigenvalue weighted by Crippen LogP contribution is 2.16. The summed E-state index contributed by atoms with van der Waals surface area (Å²) in [6.45, 7) is 3.76. The van der Waals surface area contributed by atoms with Gasteiger partial charge < -0.3 is 16.3 Å². The maximum Gasteiger partial charge on any atom is 0.252 e. The summed E-state index contributed by atoms with van der Waals surface area (Å²) in [4.78, 5) is 12.0. The minimum absolute atomic E-state index is 0.0988. The van der Waals surface area contributed by atoms with Crippen molar-refractivity contribution in [2.24, 2.45) is 10.9 Å². The zero-order valence-electron chi connectivity index (χ0n) is 10.3. The third kappa shape index (κ3) is 3.86. The average molecular weight is 361 g/mol. The van der Waals surface area contributed by atoms with E-state index >= 15 is 0 Å². The first-order valence-corrected chi connectivity index (χ1v) is 6.56. The van der Waals surface area contributed by atoms with Crippen LogP contribution in [-0.4, -0.2) is 23.0 Å². The number of carbonyl (C=O) groups excluding carboxylic acids is 1. The Hall–Kier alpha value is -1.31. The fraction of sp³-hybridized carbons (Fsp3) is 0.333. The third-order valence-corrected chi connectivity index (χ3v) is 3.89. The van der Waals surface area contributed by atoms with Gasteiger partial charge in [-0.3, -0.25) is 4.79 Å². The minimum Gasteiger partial charge on any atom is -0.409 e. The zero-order valence-corrected chi connectivity index (χ0v) is 12.4. The molecule has 0 radical (unpaired) electrons. The number of oxime groups is 1. The molecule has 0 fully saturated rings. The fourth-order valence-electron chi connectivity index (χ4n) is 1.53. The fourth-order valence-corrected chi connectivity index (χ4v) is 2.13. The van der Waals surface area contributed by atoms with E-state index in [1.54, 1.807) is 13.0 Å². The van der Waals surface area contributed by atoms with Crippen molar-refractivity contribution in [1.29, 1.82) is 0 Å². The quantitative estimate of drug-likeness (QED) is 0.252. The van der Waals surface area contributed by atoms with Crippen LogP contribution in [0.15, 0.2) is 23.4 Å². The molecule has 0 heterocycles. The van der Waals surface area contributed by atoms with Gasteiger partial charge in [0.25, 0.3) is 5.91 Å². The number of amides is 1. The summed E-state index contributed by atoms with van der Waals surface area (Å²) in [5, 5.41) is 14.2. The summed E-state index contributed by atoms with van der Waals surface area (Å²) in [6, 6.07) is 5.39. The number of nitrogens with two attached hydrogens (primary N) is 1. The van der Waals surface area contributed by atoms with Crippen LogP contribution in [0.4, 0.5) is 0 Å². The predicted octanol–water partition coefficient (Wildman–Crippen LogP) is 1.85. The van der Waals surface area contributed by atoms with E-state index in [0.29, 0.717) is 12.0 Å². The molecule has 0 aliphatic rings. The van der Waals surface area contributed by atoms with Crippen molar-refractivity contribution in [1.82, 2.24) is 5.32 Å². The molecule has 18 heavy (non-hydrogen) atoms. The standard InChI is InChI=1S/C12H16IN3O2/c1-7-4-3-5-9(11(7)13)12(17)15-8(2)6-10(14)16-18/h3-5,8,18H,6H2,1-2H3,(H2,14,16)(H,15,17). The van der Waals surface area contributed by atoms with Gasteiger partial charge in [0.2, 0.25) is 0 Å². The Kier molecular flexibility index (Phi) is 5.39. The molecule has 1 unspecified atom stereocenters. The van der Waals surface area contributed by atoms with Gasteiger partial charge >= 0.3 is 0 Å². The lowest BCUT2D eigenvalue weighted by atomic mass is 10.1. The van der Waals surface area contributed by atoms with Gasteiger partial charge in [-0.15, -0.1) is 0 Å². The zero-order chi connectivity index (χ0) is 13.7. The third-order valence-electron chi connectivity index (χ3n) is 2.46. The van der Waals surface area contributed by atoms with Crippen LogP contribution in [0.25, 0.3) is 0 Å². The summed E-state index contributed by atoms with van der Waals surface area (Å²) in [5.41, 5.74) is 7.09. The Balaban J connectivity index is 2.74. The molecule has 1 aromatic carbocycles. The van der Waals surface area contributed by atoms with Crippen LogP contribution in [0, 0.1) is 10.5 Å². The highest BCUT2D eigenvalue weighted by atomic mass is 127. The number of rotatable bonds is 4. The lowest BCUT2D eigenvalue weighted by molar-refractivity contribution is 0.0940. The van der Waals surface area contributed by atoms with Gasteiger partial charge in [-0.2, -0.15) is 0 Å². The largest absolute Gasteiger partial charge is 0.409 e. The van der Waals surface area contributed by atoms with E-state index in [1.165, 1.54) is 0 Å². The Morgan fingerprint density at radius 3 is 2.89 bits per heavy atom. The minimum atomic E-state index is -0.190. The van der Waals surface area contributed by atoms with Crippen LogP contribution in [0.3, 0.4) is 0 Å². The number of carbonyl (C=O) groups is 1. The number of nitrogens with zero attached hydrogens (tertiary/aromatic N) is 1. The summed E-state index contributed by atoms with van der Waals surface area (Å²) in [7, 11) is 0. The van der Waals surface area contributed by atoms with E-state index in [9.17, 15) is 4.79 Å². The van der Waals surface area contributed by atoms with Crippen LogP contribution < -0.4 is 11.1 Å². The summed E-state index contributed by atoms with van der Waals surface area (Å²) in [5.74, 6) is -0.0527. The smallest absolute Gasteiger partial charge is 0.252 e. The molecule has 0 spiro atoms. The van der Waals surface area contributed by atoms with Gasteiger partial charge in [-0.05, 0) is 48.1 Å². The second kappa shape index (κ2) is 6.58. The molecule has 0 aromatic heterocycles. The van der Waals surface area contributed by atoms with Crippen molar-refractivity contribution in [2.75, 3.05) is 0 Å². The molecular weight excluding hydrogens is 345 g/mol. The molecule has 98 valence electrons. The number of nitrogens with one attached hydrogen (secondary N) is 1. The first-order valence-electron chi connectivity index (χ1n) is 5.48. The van der Waals surface area contributed by atoms with Gasteiger partial charge in [-0.25, -0.2) is 0 Å². The molecule has 4 N–H and O–H groups in total. The Morgan fingerprint density at radius 2 is 2.28 bits per heavy atom. The summed E-state index contributed by atoms with van der Waals surface area (Å²) in [6.07, 6.45) is 0.310. The Morgan fingerprint density at radius 1 is 1.61 bits per heavy atom.